The Kier molecular flexibility index (Phi) is 3.08. The van der Waals surface area contributed by atoms with Crippen LogP contribution in [0, 0.1) is 12.7 Å². The van der Waals surface area contributed by atoms with Crippen molar-refractivity contribution in [2.75, 3.05) is 0 Å². The van der Waals surface area contributed by atoms with Gasteiger partial charge in [-0.2, -0.15) is 0 Å². The lowest BCUT2D eigenvalue weighted by Crippen LogP contribution is -2.08. The molecule has 0 fully saturated rings. The molecule has 0 amide bonds. The zero-order chi connectivity index (χ0) is 13.2. The van der Waals surface area contributed by atoms with Crippen molar-refractivity contribution in [2.24, 2.45) is 0 Å². The van der Waals surface area contributed by atoms with Gasteiger partial charge in [0.2, 0.25) is 0 Å². The van der Waals surface area contributed by atoms with E-state index >= 15 is 0 Å². The van der Waals surface area contributed by atoms with Crippen LogP contribution in [0.3, 0.4) is 0 Å². The summed E-state index contributed by atoms with van der Waals surface area (Å²) in [6, 6.07) is 17.1. The van der Waals surface area contributed by atoms with Crippen molar-refractivity contribution < 1.29 is 4.39 Å². The van der Waals surface area contributed by atoms with Crippen molar-refractivity contribution in [1.29, 1.82) is 0 Å². The Morgan fingerprint density at radius 3 is 2.68 bits per heavy atom. The fourth-order valence-electron chi connectivity index (χ4n) is 2.56. The zero-order valence-electron chi connectivity index (χ0n) is 10.6. The Bertz CT molecular complexity index is 699. The number of aromatic nitrogens is 1. The Hall–Kier alpha value is -2.09. The van der Waals surface area contributed by atoms with Gasteiger partial charge in [-0.05, 0) is 41.6 Å². The summed E-state index contributed by atoms with van der Waals surface area (Å²) in [4.78, 5) is 0. The maximum Gasteiger partial charge on any atom is 0.123 e. The fraction of sp³-hybridized carbons (Fsp3) is 0.118. The van der Waals surface area contributed by atoms with Crippen molar-refractivity contribution in [3.05, 3.63) is 79.1 Å². The Balaban J connectivity index is 2.12. The Morgan fingerprint density at radius 2 is 1.89 bits per heavy atom. The summed E-state index contributed by atoms with van der Waals surface area (Å²) < 4.78 is 15.6. The van der Waals surface area contributed by atoms with Crippen molar-refractivity contribution >= 4 is 10.9 Å². The van der Waals surface area contributed by atoms with Crippen LogP contribution in [0.2, 0.25) is 0 Å². The third kappa shape index (κ3) is 2.14. The molecule has 1 unspecified atom stereocenters. The second-order valence-corrected chi connectivity index (χ2v) is 4.64. The normalized spacial score (nSPS) is 12.7. The van der Waals surface area contributed by atoms with Crippen molar-refractivity contribution in [1.82, 2.24) is 4.57 Å². The third-order valence-electron chi connectivity index (χ3n) is 3.47. The predicted octanol–water partition coefficient (Wildman–Crippen LogP) is 4.59. The van der Waals surface area contributed by atoms with Crippen molar-refractivity contribution in [2.45, 2.75) is 12.5 Å². The minimum absolute atomic E-state index is 0.0654. The lowest BCUT2D eigenvalue weighted by Gasteiger charge is -2.19. The van der Waals surface area contributed by atoms with E-state index in [4.69, 9.17) is 0 Å². The van der Waals surface area contributed by atoms with E-state index in [2.05, 4.69) is 29.7 Å². The molecule has 0 aliphatic carbocycles. The SMILES string of the molecule is [CH2]CC(c1cccc(F)c1)n1ccc2ccccc21. The smallest absolute Gasteiger partial charge is 0.123 e. The molecular formula is C17H15FN. The van der Waals surface area contributed by atoms with Gasteiger partial charge in [0.1, 0.15) is 5.82 Å². The molecule has 0 saturated heterocycles. The molecule has 1 aromatic heterocycles. The van der Waals surface area contributed by atoms with Crippen LogP contribution in [0.5, 0.6) is 0 Å². The highest BCUT2D eigenvalue weighted by Crippen LogP contribution is 2.27. The van der Waals surface area contributed by atoms with Gasteiger partial charge >= 0.3 is 0 Å². The Labute approximate surface area is 112 Å². The molecule has 2 aromatic carbocycles. The van der Waals surface area contributed by atoms with E-state index in [0.29, 0.717) is 6.42 Å². The van der Waals surface area contributed by atoms with Crippen molar-refractivity contribution in [3.63, 3.8) is 0 Å². The van der Waals surface area contributed by atoms with Gasteiger partial charge in [-0.25, -0.2) is 4.39 Å². The summed E-state index contributed by atoms with van der Waals surface area (Å²) in [6.07, 6.45) is 2.73. The first-order valence-electron chi connectivity index (χ1n) is 6.40. The van der Waals surface area contributed by atoms with Crippen LogP contribution in [0.1, 0.15) is 18.0 Å². The van der Waals surface area contributed by atoms with Crippen LogP contribution in [0.15, 0.2) is 60.8 Å². The number of fused-ring (bicyclic) bond motifs is 1. The average Bonchev–Trinajstić information content (AvgIpc) is 2.84. The summed E-state index contributed by atoms with van der Waals surface area (Å²) in [7, 11) is 0. The monoisotopic (exact) mass is 252 g/mol. The van der Waals surface area contributed by atoms with Gasteiger partial charge in [0.05, 0.1) is 6.04 Å². The minimum Gasteiger partial charge on any atom is -0.340 e. The number of rotatable bonds is 3. The molecule has 0 bridgehead atoms. The molecule has 3 rings (SSSR count). The van der Waals surface area contributed by atoms with Gasteiger partial charge in [-0.15, -0.1) is 0 Å². The summed E-state index contributed by atoms with van der Waals surface area (Å²) in [5.74, 6) is -0.201. The average molecular weight is 252 g/mol. The quantitative estimate of drug-likeness (QED) is 0.642. The highest BCUT2D eigenvalue weighted by Gasteiger charge is 2.13. The van der Waals surface area contributed by atoms with Crippen LogP contribution in [-0.4, -0.2) is 4.57 Å². The van der Waals surface area contributed by atoms with E-state index in [9.17, 15) is 4.39 Å². The first-order chi connectivity index (χ1) is 9.29. The van der Waals surface area contributed by atoms with E-state index < -0.39 is 0 Å². The lowest BCUT2D eigenvalue weighted by atomic mass is 10.0. The molecular weight excluding hydrogens is 237 g/mol. The summed E-state index contributed by atoms with van der Waals surface area (Å²) in [6.45, 7) is 4.01. The van der Waals surface area contributed by atoms with E-state index in [1.165, 1.54) is 11.5 Å². The maximum absolute atomic E-state index is 13.4. The lowest BCUT2D eigenvalue weighted by molar-refractivity contribution is 0.590. The first-order valence-corrected chi connectivity index (χ1v) is 6.40. The fourth-order valence-corrected chi connectivity index (χ4v) is 2.56. The molecule has 2 heteroatoms. The molecule has 0 saturated carbocycles. The molecule has 0 spiro atoms. The van der Waals surface area contributed by atoms with Crippen LogP contribution in [0.25, 0.3) is 10.9 Å². The van der Waals surface area contributed by atoms with Crippen LogP contribution in [-0.2, 0) is 0 Å². The standard InChI is InChI=1S/C17H15FN/c1-2-16(14-7-5-8-15(18)12-14)19-11-10-13-6-3-4-9-17(13)19/h3-12,16H,1-2H2. The number of hydrogen-bond acceptors (Lipinski definition) is 0. The summed E-state index contributed by atoms with van der Waals surface area (Å²) in [5.41, 5.74) is 2.11. The maximum atomic E-state index is 13.4. The van der Waals surface area contributed by atoms with E-state index in [1.54, 1.807) is 12.1 Å². The molecule has 1 nitrogen and oxygen atoms in total. The van der Waals surface area contributed by atoms with Crippen LogP contribution in [0.4, 0.5) is 4.39 Å². The van der Waals surface area contributed by atoms with Crippen molar-refractivity contribution in [3.8, 4) is 0 Å². The van der Waals surface area contributed by atoms with Gasteiger partial charge in [-0.1, -0.05) is 37.3 Å². The highest BCUT2D eigenvalue weighted by molar-refractivity contribution is 5.80. The molecule has 0 N–H and O–H groups in total. The van der Waals surface area contributed by atoms with Gasteiger partial charge in [0, 0.05) is 11.7 Å². The first kappa shape index (κ1) is 12.0. The van der Waals surface area contributed by atoms with E-state index in [0.717, 1.165) is 11.1 Å². The van der Waals surface area contributed by atoms with Gasteiger partial charge in [0.15, 0.2) is 0 Å². The third-order valence-corrected chi connectivity index (χ3v) is 3.47. The molecule has 1 heterocycles. The molecule has 95 valence electrons. The number of nitrogens with zero attached hydrogens (tertiary/aromatic N) is 1. The number of benzene rings is 2. The minimum atomic E-state index is -0.201. The number of halogens is 1. The number of para-hydroxylation sites is 1. The van der Waals surface area contributed by atoms with E-state index in [1.807, 2.05) is 24.4 Å². The van der Waals surface area contributed by atoms with Gasteiger partial charge in [-0.3, -0.25) is 0 Å². The summed E-state index contributed by atoms with van der Waals surface area (Å²) in [5, 5.41) is 1.19. The zero-order valence-corrected chi connectivity index (χ0v) is 10.6. The second kappa shape index (κ2) is 4.88. The predicted molar refractivity (Wildman–Crippen MR) is 76.5 cm³/mol. The molecule has 3 aromatic rings. The highest BCUT2D eigenvalue weighted by atomic mass is 19.1. The molecule has 1 radical (unpaired) electrons. The number of hydrogen-bond donors (Lipinski definition) is 0. The second-order valence-electron chi connectivity index (χ2n) is 4.64. The van der Waals surface area contributed by atoms with Gasteiger partial charge < -0.3 is 4.57 Å². The Morgan fingerprint density at radius 1 is 1.05 bits per heavy atom. The molecule has 0 aliphatic heterocycles. The molecule has 0 aliphatic rings. The largest absolute Gasteiger partial charge is 0.340 e. The molecule has 19 heavy (non-hydrogen) atoms. The van der Waals surface area contributed by atoms with Gasteiger partial charge in [0.25, 0.3) is 0 Å². The molecule has 1 atom stereocenters. The van der Waals surface area contributed by atoms with Crippen LogP contribution < -0.4 is 0 Å². The topological polar surface area (TPSA) is 4.93 Å². The van der Waals surface area contributed by atoms with E-state index in [-0.39, 0.29) is 11.9 Å². The summed E-state index contributed by atoms with van der Waals surface area (Å²) >= 11 is 0. The van der Waals surface area contributed by atoms with Crippen LogP contribution >= 0.6 is 0 Å².